The molecule has 0 radical (unpaired) electrons. The minimum absolute atomic E-state index is 0.464. The lowest BCUT2D eigenvalue weighted by Crippen LogP contribution is -2.01. The third-order valence-corrected chi connectivity index (χ3v) is 2.80. The average molecular weight is 177 g/mol. The fourth-order valence-corrected chi connectivity index (χ4v) is 2.04. The highest BCUT2D eigenvalue weighted by atomic mass is 32.1. The summed E-state index contributed by atoms with van der Waals surface area (Å²) >= 11 is 1.75. The van der Waals surface area contributed by atoms with Crippen LogP contribution in [0.2, 0.25) is 0 Å². The zero-order valence-electron chi connectivity index (χ0n) is 6.97. The number of aromatic nitrogens is 1. The molecule has 1 nitrogen and oxygen atoms in total. The zero-order chi connectivity index (χ0) is 8.39. The molecule has 12 heavy (non-hydrogen) atoms. The molecule has 1 atom stereocenters. The average Bonchev–Trinajstić information content (AvgIpc) is 2.77. The maximum absolute atomic E-state index is 2.21. The van der Waals surface area contributed by atoms with Crippen LogP contribution < -0.4 is 0 Å². The summed E-state index contributed by atoms with van der Waals surface area (Å²) < 4.78 is 2.21. The van der Waals surface area contributed by atoms with Gasteiger partial charge >= 0.3 is 0 Å². The molecule has 2 heteroatoms. The van der Waals surface area contributed by atoms with E-state index in [0.29, 0.717) is 6.04 Å². The summed E-state index contributed by atoms with van der Waals surface area (Å²) in [5.74, 6) is 0. The van der Waals surface area contributed by atoms with Crippen LogP contribution in [-0.4, -0.2) is 4.57 Å². The maximum atomic E-state index is 2.21. The van der Waals surface area contributed by atoms with E-state index in [0.717, 1.165) is 0 Å². The van der Waals surface area contributed by atoms with Crippen molar-refractivity contribution in [2.24, 2.45) is 0 Å². The van der Waals surface area contributed by atoms with Crippen LogP contribution in [-0.2, 0) is 0 Å². The van der Waals surface area contributed by atoms with Crippen LogP contribution in [0, 0.1) is 0 Å². The summed E-state index contributed by atoms with van der Waals surface area (Å²) in [5, 5.41) is 4.32. The van der Waals surface area contributed by atoms with Gasteiger partial charge in [0.25, 0.3) is 0 Å². The standard InChI is InChI=1S/C10H11NS/c1-9(10-4-7-12-8-10)11-5-2-3-6-11/h2-9H,1H3. The molecule has 2 heterocycles. The number of hydrogen-bond acceptors (Lipinski definition) is 1. The van der Waals surface area contributed by atoms with Crippen LogP contribution in [0.3, 0.4) is 0 Å². The van der Waals surface area contributed by atoms with Crippen molar-refractivity contribution in [1.29, 1.82) is 0 Å². The van der Waals surface area contributed by atoms with Crippen molar-refractivity contribution in [2.45, 2.75) is 13.0 Å². The van der Waals surface area contributed by atoms with Gasteiger partial charge in [-0.3, -0.25) is 0 Å². The lowest BCUT2D eigenvalue weighted by Gasteiger charge is -2.11. The van der Waals surface area contributed by atoms with Gasteiger partial charge in [-0.05, 0) is 41.4 Å². The predicted molar refractivity (Wildman–Crippen MR) is 52.6 cm³/mol. The zero-order valence-corrected chi connectivity index (χ0v) is 7.79. The van der Waals surface area contributed by atoms with Crippen molar-refractivity contribution < 1.29 is 0 Å². The van der Waals surface area contributed by atoms with Gasteiger partial charge in [-0.25, -0.2) is 0 Å². The normalized spacial score (nSPS) is 13.1. The highest BCUT2D eigenvalue weighted by Crippen LogP contribution is 2.19. The molecule has 0 aliphatic heterocycles. The molecule has 0 aromatic carbocycles. The Kier molecular flexibility index (Phi) is 2.00. The fourth-order valence-electron chi connectivity index (χ4n) is 1.29. The van der Waals surface area contributed by atoms with Gasteiger partial charge in [-0.2, -0.15) is 11.3 Å². The highest BCUT2D eigenvalue weighted by Gasteiger charge is 2.05. The van der Waals surface area contributed by atoms with Crippen LogP contribution in [0.5, 0.6) is 0 Å². The van der Waals surface area contributed by atoms with E-state index >= 15 is 0 Å². The summed E-state index contributed by atoms with van der Waals surface area (Å²) in [6.45, 7) is 2.21. The third-order valence-electron chi connectivity index (χ3n) is 2.10. The molecule has 62 valence electrons. The van der Waals surface area contributed by atoms with Crippen LogP contribution in [0.15, 0.2) is 41.4 Å². The lowest BCUT2D eigenvalue weighted by molar-refractivity contribution is 0.645. The molecule has 0 spiro atoms. The minimum atomic E-state index is 0.464. The van der Waals surface area contributed by atoms with Gasteiger partial charge in [0.2, 0.25) is 0 Å². The maximum Gasteiger partial charge on any atom is 0.0559 e. The Hall–Kier alpha value is -1.02. The molecule has 0 saturated heterocycles. The van der Waals surface area contributed by atoms with Gasteiger partial charge in [0.15, 0.2) is 0 Å². The molecule has 2 aromatic heterocycles. The molecule has 0 saturated carbocycles. The van der Waals surface area contributed by atoms with E-state index in [4.69, 9.17) is 0 Å². The van der Waals surface area contributed by atoms with Crippen molar-refractivity contribution in [2.75, 3.05) is 0 Å². The van der Waals surface area contributed by atoms with Gasteiger partial charge in [0, 0.05) is 12.4 Å². The molecule has 0 fully saturated rings. The Morgan fingerprint density at radius 1 is 1.33 bits per heavy atom. The minimum Gasteiger partial charge on any atom is -0.347 e. The Morgan fingerprint density at radius 3 is 2.67 bits per heavy atom. The molecule has 2 rings (SSSR count). The summed E-state index contributed by atoms with van der Waals surface area (Å²) in [5.41, 5.74) is 1.39. The van der Waals surface area contributed by atoms with Crippen molar-refractivity contribution >= 4 is 11.3 Å². The Bertz CT molecular complexity index is 286. The quantitative estimate of drug-likeness (QED) is 0.664. The lowest BCUT2D eigenvalue weighted by atomic mass is 10.2. The monoisotopic (exact) mass is 177 g/mol. The summed E-state index contributed by atoms with van der Waals surface area (Å²) in [6.07, 6.45) is 4.20. The first-order valence-electron chi connectivity index (χ1n) is 4.02. The molecule has 0 aliphatic rings. The first-order valence-corrected chi connectivity index (χ1v) is 4.97. The van der Waals surface area contributed by atoms with Crippen molar-refractivity contribution in [1.82, 2.24) is 4.57 Å². The molecule has 2 aromatic rings. The highest BCUT2D eigenvalue weighted by molar-refractivity contribution is 7.07. The fraction of sp³-hybridized carbons (Fsp3) is 0.200. The van der Waals surface area contributed by atoms with E-state index in [1.165, 1.54) is 5.56 Å². The van der Waals surface area contributed by atoms with E-state index < -0.39 is 0 Å². The molecule has 0 amide bonds. The topological polar surface area (TPSA) is 4.93 Å². The first-order chi connectivity index (χ1) is 5.88. The van der Waals surface area contributed by atoms with Gasteiger partial charge in [0.1, 0.15) is 0 Å². The van der Waals surface area contributed by atoms with E-state index in [1.807, 2.05) is 0 Å². The summed E-state index contributed by atoms with van der Waals surface area (Å²) in [7, 11) is 0. The molecule has 0 bridgehead atoms. The molecular formula is C10H11NS. The van der Waals surface area contributed by atoms with Gasteiger partial charge < -0.3 is 4.57 Å². The second kappa shape index (κ2) is 3.15. The van der Waals surface area contributed by atoms with Crippen LogP contribution >= 0.6 is 11.3 Å². The Balaban J connectivity index is 2.27. The number of rotatable bonds is 2. The van der Waals surface area contributed by atoms with E-state index in [-0.39, 0.29) is 0 Å². The van der Waals surface area contributed by atoms with E-state index in [1.54, 1.807) is 11.3 Å². The first kappa shape index (κ1) is 7.62. The summed E-state index contributed by atoms with van der Waals surface area (Å²) in [6, 6.07) is 6.76. The number of hydrogen-bond donors (Lipinski definition) is 0. The van der Waals surface area contributed by atoms with Crippen molar-refractivity contribution in [3.8, 4) is 0 Å². The van der Waals surface area contributed by atoms with Crippen LogP contribution in [0.25, 0.3) is 0 Å². The number of nitrogens with zero attached hydrogens (tertiary/aromatic N) is 1. The van der Waals surface area contributed by atoms with Crippen LogP contribution in [0.1, 0.15) is 18.5 Å². The molecule has 0 aliphatic carbocycles. The third kappa shape index (κ3) is 1.30. The Morgan fingerprint density at radius 2 is 2.08 bits per heavy atom. The van der Waals surface area contributed by atoms with Gasteiger partial charge in [0.05, 0.1) is 6.04 Å². The van der Waals surface area contributed by atoms with Crippen molar-refractivity contribution in [3.05, 3.63) is 46.9 Å². The molecule has 1 unspecified atom stereocenters. The van der Waals surface area contributed by atoms with Crippen molar-refractivity contribution in [3.63, 3.8) is 0 Å². The van der Waals surface area contributed by atoms with E-state index in [2.05, 4.69) is 52.8 Å². The smallest absolute Gasteiger partial charge is 0.0559 e. The molecular weight excluding hydrogens is 166 g/mol. The predicted octanol–water partition coefficient (Wildman–Crippen LogP) is 3.16. The largest absolute Gasteiger partial charge is 0.347 e. The Labute approximate surface area is 76.3 Å². The number of thiophene rings is 1. The summed E-state index contributed by atoms with van der Waals surface area (Å²) in [4.78, 5) is 0. The second-order valence-electron chi connectivity index (χ2n) is 2.86. The SMILES string of the molecule is CC(c1ccsc1)n1cccc1. The van der Waals surface area contributed by atoms with E-state index in [9.17, 15) is 0 Å². The van der Waals surface area contributed by atoms with Gasteiger partial charge in [-0.15, -0.1) is 0 Å². The van der Waals surface area contributed by atoms with Crippen LogP contribution in [0.4, 0.5) is 0 Å². The second-order valence-corrected chi connectivity index (χ2v) is 3.64. The van der Waals surface area contributed by atoms with Gasteiger partial charge in [-0.1, -0.05) is 0 Å². The molecule has 0 N–H and O–H groups in total.